The number of halogens is 3. The van der Waals surface area contributed by atoms with Crippen molar-refractivity contribution in [1.29, 1.82) is 0 Å². The number of carboxylic acids is 1. The summed E-state index contributed by atoms with van der Waals surface area (Å²) in [6.45, 7) is 26.4. The van der Waals surface area contributed by atoms with Crippen LogP contribution in [-0.2, 0) is 24.8 Å². The van der Waals surface area contributed by atoms with Gasteiger partial charge in [0.1, 0.15) is 0 Å². The average Bonchev–Trinajstić information content (AvgIpc) is 1.71. The lowest BCUT2D eigenvalue weighted by Crippen LogP contribution is -2.63. The van der Waals surface area contributed by atoms with E-state index < -0.39 is 43.7 Å². The van der Waals surface area contributed by atoms with E-state index in [1.54, 1.807) is 0 Å². The Labute approximate surface area is 571 Å². The number of carboxylic acid groups (broad SMARTS) is 1. The van der Waals surface area contributed by atoms with E-state index in [1.807, 2.05) is 6.20 Å². The fourth-order valence-corrected chi connectivity index (χ4v) is 29.5. The summed E-state index contributed by atoms with van der Waals surface area (Å²) < 4.78 is 96.8. The molecule has 6 N–H and O–H groups in total. The summed E-state index contributed by atoms with van der Waals surface area (Å²) in [6, 6.07) is -0.309. The molecule has 12 aliphatic rings. The predicted molar refractivity (Wildman–Crippen MR) is 367 cm³/mol. The molecule has 1 aromatic heterocycles. The number of aliphatic hydroxyl groups is 3. The summed E-state index contributed by atoms with van der Waals surface area (Å²) in [5, 5.41) is 49.1. The van der Waals surface area contributed by atoms with Crippen molar-refractivity contribution in [2.24, 2.45) is 139 Å². The van der Waals surface area contributed by atoms with E-state index in [4.69, 9.17) is 5.11 Å². The van der Waals surface area contributed by atoms with Crippen LogP contribution in [0.5, 0.6) is 0 Å². The molecule has 30 atom stereocenters. The topological polar surface area (TPSA) is 221 Å². The normalized spacial score (nSPS) is 47.7. The number of rotatable bonds is 15. The second kappa shape index (κ2) is 27.7. The summed E-state index contributed by atoms with van der Waals surface area (Å²) >= 11 is 0. The van der Waals surface area contributed by atoms with Gasteiger partial charge in [0.05, 0.1) is 36.8 Å². The molecule has 14 nitrogen and oxygen atoms in total. The van der Waals surface area contributed by atoms with E-state index in [-0.39, 0.29) is 76.4 Å². The standard InChI is InChI=1S/C26H43N3O.C25H40F3NO5S.C25H45NO3S/c1-5-6-17(2)20-7-8-21-24-22(10-12-26(20,21)4)25(3)11-9-19(30)15-18(25)16-23(24)29-14-13-27-28-29;1-14(4-7-21(31)32)17-5-6-18-22-19(9-11-24(17,18)3)23(2)10-8-16(30)12-15(23)13-20(22)29-35(33,34)25(26,27)28;1-6-7-16(2)19-8-9-20-23-21(11-13-25(19,20)4)24(3)12-10-18(27)14-17(24)15-22(23)26-30(5,28)29/h13-14,17-24,30H,5-12,15-16H2,1-4H3;14-20,22,29-30H,4-13H2,1-3H3,(H,31,32);16-23,26-27H,6-15H2,1-5H3/t17-,18+,19-,20-,21+,22+,23+,24+,25+,26-;14-,15+,16-,17-,18+,19+,20+,22+,23+,24-;16-,17+,18-,19-,20+,21+,22+,23+,24+,25-/m111/s1. The molecule has 12 saturated carbocycles. The maximum Gasteiger partial charge on any atom is 0.511 e. The lowest BCUT2D eigenvalue weighted by atomic mass is 9.43. The molecule has 95 heavy (non-hydrogen) atoms. The predicted octanol–water partition coefficient (Wildman–Crippen LogP) is 15.8. The average molecular weight is 1380 g/mol. The van der Waals surface area contributed by atoms with Gasteiger partial charge in [0.2, 0.25) is 10.0 Å². The second-order valence-corrected chi connectivity index (χ2v) is 40.2. The Balaban J connectivity index is 0.000000146. The summed E-state index contributed by atoms with van der Waals surface area (Å²) in [7, 11) is -8.74. The minimum Gasteiger partial charge on any atom is -0.481 e. The van der Waals surface area contributed by atoms with E-state index in [1.165, 1.54) is 96.1 Å². The van der Waals surface area contributed by atoms with E-state index in [9.17, 15) is 50.1 Å². The second-order valence-electron chi connectivity index (χ2n) is 36.7. The molecule has 12 aliphatic carbocycles. The van der Waals surface area contributed by atoms with Crippen LogP contribution < -0.4 is 9.44 Å². The Kier molecular flexibility index (Phi) is 21.7. The number of fused-ring (bicyclic) bond motifs is 15. The molecule has 0 amide bonds. The maximum atomic E-state index is 13.4. The first kappa shape index (κ1) is 74.3. The summed E-state index contributed by atoms with van der Waals surface area (Å²) in [6.07, 6.45) is 35.1. The number of nitrogens with one attached hydrogen (secondary N) is 2. The maximum absolute atomic E-state index is 13.4. The number of hydrogen-bond acceptors (Lipinski definition) is 10. The Morgan fingerprint density at radius 1 is 0.526 bits per heavy atom. The van der Waals surface area contributed by atoms with Crippen molar-refractivity contribution in [3.05, 3.63) is 12.4 Å². The van der Waals surface area contributed by atoms with Gasteiger partial charge in [-0.15, -0.1) is 5.10 Å². The van der Waals surface area contributed by atoms with Crippen molar-refractivity contribution < 1.29 is 55.2 Å². The molecule has 19 heteroatoms. The van der Waals surface area contributed by atoms with Crippen molar-refractivity contribution in [3.63, 3.8) is 0 Å². The highest BCUT2D eigenvalue weighted by Crippen LogP contribution is 2.73. The van der Waals surface area contributed by atoms with E-state index in [0.717, 1.165) is 112 Å². The Bertz CT molecular complexity index is 3030. The fourth-order valence-electron chi connectivity index (χ4n) is 27.9. The van der Waals surface area contributed by atoms with Crippen molar-refractivity contribution in [3.8, 4) is 0 Å². The molecule has 0 bridgehead atoms. The monoisotopic (exact) mass is 1380 g/mol. The highest BCUT2D eigenvalue weighted by atomic mass is 32.2. The number of aliphatic carboxylic acids is 1. The number of aliphatic hydroxyl groups excluding tert-OH is 3. The van der Waals surface area contributed by atoms with E-state index >= 15 is 0 Å². The van der Waals surface area contributed by atoms with Gasteiger partial charge in [-0.25, -0.2) is 31.0 Å². The minimum atomic E-state index is -5.49. The van der Waals surface area contributed by atoms with Crippen LogP contribution in [0.4, 0.5) is 13.2 Å². The van der Waals surface area contributed by atoms with Crippen LogP contribution >= 0.6 is 0 Å². The molecule has 0 radical (unpaired) electrons. The van der Waals surface area contributed by atoms with Crippen LogP contribution in [0.1, 0.15) is 275 Å². The molecule has 1 aromatic rings. The van der Waals surface area contributed by atoms with Gasteiger partial charge in [0, 0.05) is 24.7 Å². The van der Waals surface area contributed by atoms with Crippen molar-refractivity contribution in [2.75, 3.05) is 6.26 Å². The Hall–Kier alpha value is -1.90. The molecule has 12 fully saturated rings. The number of carbonyl (C=O) groups is 1. The van der Waals surface area contributed by atoms with E-state index in [2.05, 4.69) is 107 Å². The lowest BCUT2D eigenvalue weighted by molar-refractivity contribution is -0.151. The van der Waals surface area contributed by atoms with Crippen LogP contribution in [0.25, 0.3) is 0 Å². The first-order valence-corrected chi connectivity index (χ1v) is 42.0. The van der Waals surface area contributed by atoms with Crippen LogP contribution in [0.2, 0.25) is 0 Å². The van der Waals surface area contributed by atoms with Crippen molar-refractivity contribution >= 4 is 26.0 Å². The van der Waals surface area contributed by atoms with Gasteiger partial charge < -0.3 is 20.4 Å². The number of nitrogens with zero attached hydrogens (tertiary/aromatic N) is 3. The summed E-state index contributed by atoms with van der Waals surface area (Å²) in [4.78, 5) is 11.1. The van der Waals surface area contributed by atoms with Crippen LogP contribution in [0.3, 0.4) is 0 Å². The third-order valence-corrected chi connectivity index (χ3v) is 34.3. The highest BCUT2D eigenvalue weighted by molar-refractivity contribution is 7.90. The lowest BCUT2D eigenvalue weighted by Gasteiger charge is -2.63. The Morgan fingerprint density at radius 3 is 1.25 bits per heavy atom. The van der Waals surface area contributed by atoms with Gasteiger partial charge in [0.25, 0.3) is 0 Å². The molecule has 0 aromatic carbocycles. The third kappa shape index (κ3) is 13.6. The summed E-state index contributed by atoms with van der Waals surface area (Å²) in [5.74, 6) is 7.91. The molecule has 13 rings (SSSR count). The first-order valence-electron chi connectivity index (χ1n) is 38.6. The smallest absolute Gasteiger partial charge is 0.481 e. The largest absolute Gasteiger partial charge is 0.511 e. The zero-order valence-electron chi connectivity index (χ0n) is 60.3. The molecular weight excluding hydrogens is 1250 g/mol. The van der Waals surface area contributed by atoms with Crippen LogP contribution in [-0.4, -0.2) is 100 Å². The first-order chi connectivity index (χ1) is 44.5. The third-order valence-electron chi connectivity index (χ3n) is 32.4. The summed E-state index contributed by atoms with van der Waals surface area (Å²) in [5.41, 5.74) is -4.15. The van der Waals surface area contributed by atoms with Gasteiger partial charge in [-0.1, -0.05) is 107 Å². The number of sulfonamides is 2. The molecule has 0 unspecified atom stereocenters. The molecule has 544 valence electrons. The quantitative estimate of drug-likeness (QED) is 0.0970. The van der Waals surface area contributed by atoms with Gasteiger partial charge in [0.15, 0.2) is 0 Å². The van der Waals surface area contributed by atoms with Crippen LogP contribution in [0, 0.1) is 139 Å². The zero-order chi connectivity index (χ0) is 69.0. The highest BCUT2D eigenvalue weighted by Gasteiger charge is 2.68. The van der Waals surface area contributed by atoms with Crippen molar-refractivity contribution in [1.82, 2.24) is 24.4 Å². The minimum absolute atomic E-state index is 0.0236. The number of alkyl halides is 3. The fraction of sp³-hybridized carbons (Fsp3) is 0.961. The van der Waals surface area contributed by atoms with E-state index in [0.29, 0.717) is 77.6 Å². The molecule has 1 heterocycles. The zero-order valence-corrected chi connectivity index (χ0v) is 62.0. The molecule has 0 saturated heterocycles. The molecule has 0 aliphatic heterocycles. The van der Waals surface area contributed by atoms with Gasteiger partial charge in [-0.3, -0.25) is 4.79 Å². The van der Waals surface area contributed by atoms with Gasteiger partial charge >= 0.3 is 21.5 Å². The van der Waals surface area contributed by atoms with Crippen LogP contribution in [0.15, 0.2) is 12.4 Å². The van der Waals surface area contributed by atoms with Crippen molar-refractivity contribution in [2.45, 2.75) is 311 Å². The molecule has 0 spiro atoms. The van der Waals surface area contributed by atoms with Gasteiger partial charge in [-0.2, -0.15) is 13.2 Å². The number of aromatic nitrogens is 3. The van der Waals surface area contributed by atoms with Gasteiger partial charge in [-0.05, 0) is 300 Å². The SMILES string of the molecule is CCC[C@@H](C)[C@H]1CC[C@H]2[C@@H]3[C@@H](NS(C)(=O)=O)C[C@@H]4C[C@H](O)CC[C@]4(C)[C@H]3CC[C@]12C.CCC[C@@H](C)[C@H]1CC[C@H]2[C@@H]3[C@@H](n4ccnn4)C[C@@H]4C[C@H](O)CC[C@]4(C)[C@H]3CC[C@]12C.C[C@H](CCC(=O)O)[C@H]1CC[C@H]2[C@@H]3[C@@H](NS(=O)(=O)C(F)(F)F)C[C@@H]4C[C@H](O)CC[C@]4(C)[C@H]3CC[C@]12C. The molecular formula is C76H128F3N5O9S2. The Morgan fingerprint density at radius 2 is 0.884 bits per heavy atom. The number of hydrogen-bond donors (Lipinski definition) is 6.